The molecule has 0 aromatic rings. The zero-order chi connectivity index (χ0) is 9.19. The molecule has 0 bridgehead atoms. The van der Waals surface area contributed by atoms with Gasteiger partial charge in [0.25, 0.3) is 0 Å². The lowest BCUT2D eigenvalue weighted by Crippen LogP contribution is -2.36. The molecule has 2 heteroatoms. The molecule has 1 atom stereocenters. The summed E-state index contributed by atoms with van der Waals surface area (Å²) in [6.45, 7) is 6.51. The fraction of sp³-hybridized carbons (Fsp3) is 1.00. The zero-order valence-electron chi connectivity index (χ0n) is 8.68. The van der Waals surface area contributed by atoms with Gasteiger partial charge in [-0.3, -0.25) is 0 Å². The summed E-state index contributed by atoms with van der Waals surface area (Å²) in [5, 5.41) is 3.56. The summed E-state index contributed by atoms with van der Waals surface area (Å²) in [5.74, 6) is 0. The molecule has 1 aliphatic carbocycles. The summed E-state index contributed by atoms with van der Waals surface area (Å²) in [4.78, 5) is 0. The summed E-state index contributed by atoms with van der Waals surface area (Å²) in [5.41, 5.74) is 0.0152. The lowest BCUT2D eigenvalue weighted by Gasteiger charge is -2.27. The molecule has 1 N–H and O–H groups in total. The first kappa shape index (κ1) is 10.0. The summed E-state index contributed by atoms with van der Waals surface area (Å²) in [6.07, 6.45) is 3.80. The van der Waals surface area contributed by atoms with Crippen LogP contribution in [0.15, 0.2) is 0 Å². The highest BCUT2D eigenvalue weighted by atomic mass is 16.5. The largest absolute Gasteiger partial charge is 0.379 e. The predicted octanol–water partition coefficient (Wildman–Crippen LogP) is 1.94. The van der Waals surface area contributed by atoms with Crippen LogP contribution in [0.1, 0.15) is 40.0 Å². The van der Waals surface area contributed by atoms with E-state index in [0.29, 0.717) is 6.04 Å². The molecule has 0 saturated heterocycles. The van der Waals surface area contributed by atoms with E-state index in [4.69, 9.17) is 4.74 Å². The van der Waals surface area contributed by atoms with Crippen LogP contribution >= 0.6 is 0 Å². The van der Waals surface area contributed by atoms with Gasteiger partial charge in [0, 0.05) is 19.2 Å². The van der Waals surface area contributed by atoms with Gasteiger partial charge in [-0.1, -0.05) is 0 Å². The van der Waals surface area contributed by atoms with E-state index in [9.17, 15) is 0 Å². The molecule has 72 valence electrons. The fourth-order valence-corrected chi connectivity index (χ4v) is 1.53. The van der Waals surface area contributed by atoms with Crippen LogP contribution in [-0.2, 0) is 4.74 Å². The Morgan fingerprint density at radius 2 is 2.08 bits per heavy atom. The van der Waals surface area contributed by atoms with Crippen LogP contribution in [0, 0.1) is 0 Å². The minimum Gasteiger partial charge on any atom is -0.379 e. The molecule has 12 heavy (non-hydrogen) atoms. The topological polar surface area (TPSA) is 21.3 Å². The smallest absolute Gasteiger partial charge is 0.0637 e. The molecule has 0 radical (unpaired) electrons. The first-order chi connectivity index (χ1) is 5.53. The highest BCUT2D eigenvalue weighted by Crippen LogP contribution is 2.22. The van der Waals surface area contributed by atoms with Gasteiger partial charge in [0.05, 0.1) is 5.60 Å². The lowest BCUT2D eigenvalue weighted by molar-refractivity contribution is 0.00846. The van der Waals surface area contributed by atoms with E-state index in [1.807, 2.05) is 0 Å². The van der Waals surface area contributed by atoms with Gasteiger partial charge in [0.2, 0.25) is 0 Å². The molecular weight excluding hydrogens is 150 g/mol. The number of hydrogen-bond acceptors (Lipinski definition) is 2. The summed E-state index contributed by atoms with van der Waals surface area (Å²) < 4.78 is 5.37. The normalized spacial score (nSPS) is 21.0. The van der Waals surface area contributed by atoms with Crippen molar-refractivity contribution in [3.63, 3.8) is 0 Å². The third-order valence-corrected chi connectivity index (χ3v) is 2.45. The zero-order valence-corrected chi connectivity index (χ0v) is 8.68. The Hall–Kier alpha value is -0.0800. The highest BCUT2D eigenvalue weighted by Gasteiger charge is 2.26. The van der Waals surface area contributed by atoms with E-state index in [-0.39, 0.29) is 5.60 Å². The van der Waals surface area contributed by atoms with Gasteiger partial charge in [-0.25, -0.2) is 0 Å². The van der Waals surface area contributed by atoms with Crippen molar-refractivity contribution >= 4 is 0 Å². The quantitative estimate of drug-likeness (QED) is 0.682. The van der Waals surface area contributed by atoms with Gasteiger partial charge in [-0.2, -0.15) is 0 Å². The molecule has 1 saturated carbocycles. The molecule has 0 heterocycles. The fourth-order valence-electron chi connectivity index (χ4n) is 1.53. The molecule has 2 nitrogen and oxygen atoms in total. The molecule has 0 aromatic carbocycles. The Labute approximate surface area is 75.7 Å². The first-order valence-electron chi connectivity index (χ1n) is 4.85. The maximum Gasteiger partial charge on any atom is 0.0637 e. The van der Waals surface area contributed by atoms with Crippen molar-refractivity contribution < 1.29 is 4.74 Å². The maximum absolute atomic E-state index is 5.37. The number of rotatable bonds is 5. The van der Waals surface area contributed by atoms with Gasteiger partial charge in [0.1, 0.15) is 0 Å². The van der Waals surface area contributed by atoms with Crippen molar-refractivity contribution in [2.75, 3.05) is 7.11 Å². The Morgan fingerprint density at radius 1 is 1.50 bits per heavy atom. The highest BCUT2D eigenvalue weighted by molar-refractivity contribution is 4.85. The third-order valence-electron chi connectivity index (χ3n) is 2.45. The van der Waals surface area contributed by atoms with E-state index >= 15 is 0 Å². The van der Waals surface area contributed by atoms with Crippen LogP contribution in [0.2, 0.25) is 0 Å². The van der Waals surface area contributed by atoms with Crippen LogP contribution in [0.25, 0.3) is 0 Å². The monoisotopic (exact) mass is 171 g/mol. The van der Waals surface area contributed by atoms with Crippen molar-refractivity contribution in [1.29, 1.82) is 0 Å². The van der Waals surface area contributed by atoms with Crippen molar-refractivity contribution in [2.24, 2.45) is 0 Å². The molecule has 1 rings (SSSR count). The van der Waals surface area contributed by atoms with E-state index < -0.39 is 0 Å². The van der Waals surface area contributed by atoms with E-state index in [0.717, 1.165) is 12.5 Å². The van der Waals surface area contributed by atoms with Gasteiger partial charge in [-0.15, -0.1) is 0 Å². The summed E-state index contributed by atoms with van der Waals surface area (Å²) in [6, 6.07) is 1.38. The van der Waals surface area contributed by atoms with Gasteiger partial charge < -0.3 is 10.1 Å². The number of ether oxygens (including phenoxy) is 1. The molecule has 0 aliphatic heterocycles. The Bertz CT molecular complexity index is 141. The van der Waals surface area contributed by atoms with Crippen molar-refractivity contribution in [3.8, 4) is 0 Å². The SMILES string of the molecule is COC(C)(C)CC(C)NC1CC1. The average Bonchev–Trinajstić information content (AvgIpc) is 2.70. The Morgan fingerprint density at radius 3 is 2.50 bits per heavy atom. The molecule has 1 aliphatic rings. The molecule has 0 aromatic heterocycles. The van der Waals surface area contributed by atoms with Gasteiger partial charge >= 0.3 is 0 Å². The van der Waals surface area contributed by atoms with Gasteiger partial charge in [-0.05, 0) is 40.0 Å². The van der Waals surface area contributed by atoms with Crippen LogP contribution in [0.5, 0.6) is 0 Å². The van der Waals surface area contributed by atoms with E-state index in [1.54, 1.807) is 7.11 Å². The minimum absolute atomic E-state index is 0.0152. The minimum atomic E-state index is 0.0152. The third kappa shape index (κ3) is 3.55. The van der Waals surface area contributed by atoms with Gasteiger partial charge in [0.15, 0.2) is 0 Å². The van der Waals surface area contributed by atoms with Crippen LogP contribution in [-0.4, -0.2) is 24.8 Å². The number of methoxy groups -OCH3 is 1. The second-order valence-electron chi connectivity index (χ2n) is 4.51. The van der Waals surface area contributed by atoms with Crippen LogP contribution in [0.4, 0.5) is 0 Å². The van der Waals surface area contributed by atoms with Crippen molar-refractivity contribution in [3.05, 3.63) is 0 Å². The van der Waals surface area contributed by atoms with E-state index in [2.05, 4.69) is 26.1 Å². The second-order valence-corrected chi connectivity index (χ2v) is 4.51. The van der Waals surface area contributed by atoms with Crippen LogP contribution in [0.3, 0.4) is 0 Å². The molecule has 0 amide bonds. The second kappa shape index (κ2) is 3.75. The summed E-state index contributed by atoms with van der Waals surface area (Å²) in [7, 11) is 1.78. The standard InChI is InChI=1S/C10H21NO/c1-8(11-9-5-6-9)7-10(2,3)12-4/h8-9,11H,5-7H2,1-4H3. The average molecular weight is 171 g/mol. The predicted molar refractivity (Wildman–Crippen MR) is 51.3 cm³/mol. The number of nitrogens with one attached hydrogen (secondary N) is 1. The molecule has 1 fully saturated rings. The maximum atomic E-state index is 5.37. The van der Waals surface area contributed by atoms with Crippen molar-refractivity contribution in [2.45, 2.75) is 57.7 Å². The van der Waals surface area contributed by atoms with Crippen molar-refractivity contribution in [1.82, 2.24) is 5.32 Å². The van der Waals surface area contributed by atoms with E-state index in [1.165, 1.54) is 12.8 Å². The first-order valence-corrected chi connectivity index (χ1v) is 4.85. The number of hydrogen-bond donors (Lipinski definition) is 1. The summed E-state index contributed by atoms with van der Waals surface area (Å²) >= 11 is 0. The Kier molecular flexibility index (Phi) is 3.13. The van der Waals surface area contributed by atoms with Crippen LogP contribution < -0.4 is 5.32 Å². The lowest BCUT2D eigenvalue weighted by atomic mass is 10.00. The molecular formula is C10H21NO. The molecule has 0 spiro atoms. The Balaban J connectivity index is 2.18. The molecule has 1 unspecified atom stereocenters.